The molecule has 29 heavy (non-hydrogen) atoms. The summed E-state index contributed by atoms with van der Waals surface area (Å²) >= 11 is 0. The Morgan fingerprint density at radius 3 is 2.34 bits per heavy atom. The average Bonchev–Trinajstić information content (AvgIpc) is 2.78. The second-order valence-corrected chi connectivity index (χ2v) is 6.53. The van der Waals surface area contributed by atoms with Crippen LogP contribution in [0, 0.1) is 0 Å². The van der Waals surface area contributed by atoms with Gasteiger partial charge < -0.3 is 14.8 Å². The Morgan fingerprint density at radius 2 is 1.59 bits per heavy atom. The summed E-state index contributed by atoms with van der Waals surface area (Å²) < 4.78 is 10.5. The van der Waals surface area contributed by atoms with Crippen LogP contribution in [0.25, 0.3) is 22.2 Å². The van der Waals surface area contributed by atoms with Gasteiger partial charge >= 0.3 is 0 Å². The Bertz CT molecular complexity index is 1170. The standard InChI is InChI=1S/C24H20N2O3/c1-28-20-13-18(14-21(15-20)29-2)24(27)25-19-8-5-7-17(12-19)23-11-10-16-6-3-4-9-22(16)26-23/h3-15H,1-2H3,(H,25,27). The molecule has 0 aliphatic rings. The first kappa shape index (κ1) is 18.5. The SMILES string of the molecule is COc1cc(OC)cc(C(=O)Nc2cccc(-c3ccc4ccccc4n3)c2)c1. The monoisotopic (exact) mass is 384 g/mol. The van der Waals surface area contributed by atoms with Crippen LogP contribution < -0.4 is 14.8 Å². The van der Waals surface area contributed by atoms with E-state index in [9.17, 15) is 4.79 Å². The third kappa shape index (κ3) is 4.04. The molecule has 0 aliphatic carbocycles. The Labute approximate surface area is 168 Å². The van der Waals surface area contributed by atoms with Gasteiger partial charge in [-0.2, -0.15) is 0 Å². The average molecular weight is 384 g/mol. The van der Waals surface area contributed by atoms with Crippen LogP contribution in [0.2, 0.25) is 0 Å². The van der Waals surface area contributed by atoms with Gasteiger partial charge in [-0.3, -0.25) is 4.79 Å². The Balaban J connectivity index is 1.61. The molecule has 5 nitrogen and oxygen atoms in total. The molecule has 0 bridgehead atoms. The van der Waals surface area contributed by atoms with Crippen molar-refractivity contribution >= 4 is 22.5 Å². The van der Waals surface area contributed by atoms with Gasteiger partial charge in [0.1, 0.15) is 11.5 Å². The summed E-state index contributed by atoms with van der Waals surface area (Å²) in [6.07, 6.45) is 0. The molecule has 0 unspecified atom stereocenters. The van der Waals surface area contributed by atoms with Gasteiger partial charge in [0.05, 0.1) is 25.4 Å². The summed E-state index contributed by atoms with van der Waals surface area (Å²) in [6, 6.07) is 24.7. The summed E-state index contributed by atoms with van der Waals surface area (Å²) in [5, 5.41) is 4.02. The van der Waals surface area contributed by atoms with Gasteiger partial charge in [0.25, 0.3) is 5.91 Å². The van der Waals surface area contributed by atoms with Gasteiger partial charge in [-0.25, -0.2) is 4.98 Å². The molecule has 0 radical (unpaired) electrons. The Morgan fingerprint density at radius 1 is 0.828 bits per heavy atom. The third-order valence-corrected chi connectivity index (χ3v) is 4.63. The van der Waals surface area contributed by atoms with E-state index < -0.39 is 0 Å². The van der Waals surface area contributed by atoms with Crippen molar-refractivity contribution in [3.05, 3.63) is 84.4 Å². The van der Waals surface area contributed by atoms with Crippen LogP contribution >= 0.6 is 0 Å². The van der Waals surface area contributed by atoms with Crippen molar-refractivity contribution in [2.24, 2.45) is 0 Å². The minimum absolute atomic E-state index is 0.245. The van der Waals surface area contributed by atoms with Crippen LogP contribution in [-0.4, -0.2) is 25.1 Å². The van der Waals surface area contributed by atoms with Crippen LogP contribution in [0.15, 0.2) is 78.9 Å². The summed E-state index contributed by atoms with van der Waals surface area (Å²) in [5.74, 6) is 0.873. The first-order valence-corrected chi connectivity index (χ1v) is 9.17. The molecule has 1 heterocycles. The maximum absolute atomic E-state index is 12.7. The van der Waals surface area contributed by atoms with Gasteiger partial charge in [-0.05, 0) is 36.4 Å². The number of fused-ring (bicyclic) bond motifs is 1. The first-order chi connectivity index (χ1) is 14.2. The summed E-state index contributed by atoms with van der Waals surface area (Å²) in [4.78, 5) is 17.5. The summed E-state index contributed by atoms with van der Waals surface area (Å²) in [7, 11) is 3.10. The van der Waals surface area contributed by atoms with Gasteiger partial charge in [0.15, 0.2) is 0 Å². The maximum Gasteiger partial charge on any atom is 0.255 e. The largest absolute Gasteiger partial charge is 0.497 e. The molecule has 4 aromatic rings. The highest BCUT2D eigenvalue weighted by Crippen LogP contribution is 2.26. The topological polar surface area (TPSA) is 60.5 Å². The number of nitrogens with zero attached hydrogens (tertiary/aromatic N) is 1. The van der Waals surface area contributed by atoms with Crippen LogP contribution in [0.4, 0.5) is 5.69 Å². The van der Waals surface area contributed by atoms with Crippen molar-refractivity contribution in [3.63, 3.8) is 0 Å². The van der Waals surface area contributed by atoms with E-state index in [1.807, 2.05) is 60.7 Å². The molecule has 1 amide bonds. The number of carbonyl (C=O) groups excluding carboxylic acids is 1. The van der Waals surface area contributed by atoms with Gasteiger partial charge in [0, 0.05) is 28.3 Å². The molecule has 1 aromatic heterocycles. The predicted molar refractivity (Wildman–Crippen MR) is 115 cm³/mol. The minimum Gasteiger partial charge on any atom is -0.497 e. The number of nitrogens with one attached hydrogen (secondary N) is 1. The summed E-state index contributed by atoms with van der Waals surface area (Å²) in [5.41, 5.74) is 3.85. The maximum atomic E-state index is 12.7. The van der Waals surface area contributed by atoms with Crippen LogP contribution in [0.1, 0.15) is 10.4 Å². The number of benzene rings is 3. The highest BCUT2D eigenvalue weighted by Gasteiger charge is 2.11. The molecule has 3 aromatic carbocycles. The van der Waals surface area contributed by atoms with E-state index in [1.165, 1.54) is 0 Å². The highest BCUT2D eigenvalue weighted by molar-refractivity contribution is 6.05. The van der Waals surface area contributed by atoms with Crippen molar-refractivity contribution in [3.8, 4) is 22.8 Å². The number of carbonyl (C=O) groups is 1. The molecular weight excluding hydrogens is 364 g/mol. The van der Waals surface area contributed by atoms with E-state index >= 15 is 0 Å². The number of anilines is 1. The normalized spacial score (nSPS) is 10.6. The van der Waals surface area contributed by atoms with E-state index in [1.54, 1.807) is 32.4 Å². The molecule has 5 heteroatoms. The second-order valence-electron chi connectivity index (χ2n) is 6.53. The van der Waals surface area contributed by atoms with Gasteiger partial charge in [0.2, 0.25) is 0 Å². The third-order valence-electron chi connectivity index (χ3n) is 4.63. The zero-order valence-electron chi connectivity index (χ0n) is 16.2. The quantitative estimate of drug-likeness (QED) is 0.516. The molecule has 0 spiro atoms. The zero-order chi connectivity index (χ0) is 20.2. The van der Waals surface area contributed by atoms with Crippen molar-refractivity contribution < 1.29 is 14.3 Å². The second kappa shape index (κ2) is 8.02. The fourth-order valence-corrected chi connectivity index (χ4v) is 3.12. The number of para-hydroxylation sites is 1. The molecule has 144 valence electrons. The van der Waals surface area contributed by atoms with Gasteiger partial charge in [-0.15, -0.1) is 0 Å². The van der Waals surface area contributed by atoms with Crippen molar-refractivity contribution in [2.45, 2.75) is 0 Å². The minimum atomic E-state index is -0.245. The van der Waals surface area contributed by atoms with Crippen molar-refractivity contribution in [1.29, 1.82) is 0 Å². The molecular formula is C24H20N2O3. The molecule has 0 fully saturated rings. The van der Waals surface area contributed by atoms with E-state index in [0.29, 0.717) is 22.7 Å². The van der Waals surface area contributed by atoms with Gasteiger partial charge in [-0.1, -0.05) is 36.4 Å². The Kier molecular flexibility index (Phi) is 5.12. The fraction of sp³-hybridized carbons (Fsp3) is 0.0833. The lowest BCUT2D eigenvalue weighted by atomic mass is 10.1. The smallest absolute Gasteiger partial charge is 0.255 e. The molecule has 0 saturated carbocycles. The number of hydrogen-bond donors (Lipinski definition) is 1. The lowest BCUT2D eigenvalue weighted by molar-refractivity contribution is 0.102. The molecule has 0 aliphatic heterocycles. The number of aromatic nitrogens is 1. The number of hydrogen-bond acceptors (Lipinski definition) is 4. The summed E-state index contributed by atoms with van der Waals surface area (Å²) in [6.45, 7) is 0. The number of pyridine rings is 1. The number of rotatable bonds is 5. The number of methoxy groups -OCH3 is 2. The predicted octanol–water partition coefficient (Wildman–Crippen LogP) is 5.17. The molecule has 0 saturated heterocycles. The zero-order valence-corrected chi connectivity index (χ0v) is 16.2. The van der Waals surface area contributed by atoms with E-state index in [2.05, 4.69) is 5.32 Å². The number of ether oxygens (including phenoxy) is 2. The molecule has 4 rings (SSSR count). The van der Waals surface area contributed by atoms with E-state index in [-0.39, 0.29) is 5.91 Å². The highest BCUT2D eigenvalue weighted by atomic mass is 16.5. The van der Waals surface area contributed by atoms with Crippen LogP contribution in [0.3, 0.4) is 0 Å². The lowest BCUT2D eigenvalue weighted by Gasteiger charge is -2.10. The Hall–Kier alpha value is -3.86. The first-order valence-electron chi connectivity index (χ1n) is 9.17. The van der Waals surface area contributed by atoms with Crippen LogP contribution in [-0.2, 0) is 0 Å². The van der Waals surface area contributed by atoms with E-state index in [0.717, 1.165) is 22.2 Å². The van der Waals surface area contributed by atoms with E-state index in [4.69, 9.17) is 14.5 Å². The molecule has 0 atom stereocenters. The lowest BCUT2D eigenvalue weighted by Crippen LogP contribution is -2.12. The number of amides is 1. The van der Waals surface area contributed by atoms with Crippen LogP contribution in [0.5, 0.6) is 11.5 Å². The molecule has 1 N–H and O–H groups in total. The fourth-order valence-electron chi connectivity index (χ4n) is 3.12. The van der Waals surface area contributed by atoms with Crippen molar-refractivity contribution in [1.82, 2.24) is 4.98 Å². The van der Waals surface area contributed by atoms with Crippen molar-refractivity contribution in [2.75, 3.05) is 19.5 Å².